The van der Waals surface area contributed by atoms with Crippen molar-refractivity contribution in [2.75, 3.05) is 11.9 Å². The number of nitrogens with one attached hydrogen (secondary N) is 1. The second-order valence-electron chi connectivity index (χ2n) is 6.78. The van der Waals surface area contributed by atoms with E-state index in [1.165, 1.54) is 0 Å². The molecule has 1 unspecified atom stereocenters. The third kappa shape index (κ3) is 2.82. The Morgan fingerprint density at radius 3 is 2.66 bits per heavy atom. The van der Waals surface area contributed by atoms with E-state index in [2.05, 4.69) is 20.3 Å². The van der Waals surface area contributed by atoms with Crippen LogP contribution in [0.3, 0.4) is 0 Å². The van der Waals surface area contributed by atoms with Gasteiger partial charge in [-0.1, -0.05) is 6.07 Å². The summed E-state index contributed by atoms with van der Waals surface area (Å²) in [5.74, 6) is -2.98. The van der Waals surface area contributed by atoms with Crippen LogP contribution in [0.15, 0.2) is 42.7 Å². The summed E-state index contributed by atoms with van der Waals surface area (Å²) >= 11 is 0. The number of nitrogens with zero attached hydrogens (tertiary/aromatic N) is 4. The number of aromatic nitrogens is 4. The Bertz CT molecular complexity index is 1260. The molecule has 9 heteroatoms. The minimum Gasteiger partial charge on any atom is -0.394 e. The van der Waals surface area contributed by atoms with Gasteiger partial charge in [-0.3, -0.25) is 9.97 Å². The Morgan fingerprint density at radius 1 is 1.07 bits per heavy atom. The molecule has 0 spiro atoms. The van der Waals surface area contributed by atoms with Crippen molar-refractivity contribution < 1.29 is 18.3 Å². The Labute approximate surface area is 162 Å². The van der Waals surface area contributed by atoms with E-state index in [1.54, 1.807) is 35.2 Å². The van der Waals surface area contributed by atoms with Crippen molar-refractivity contribution in [3.63, 3.8) is 0 Å². The van der Waals surface area contributed by atoms with Gasteiger partial charge in [-0.05, 0) is 18.2 Å². The van der Waals surface area contributed by atoms with Gasteiger partial charge >= 0.3 is 0 Å². The van der Waals surface area contributed by atoms with Gasteiger partial charge in [0.05, 0.1) is 29.4 Å². The lowest BCUT2D eigenvalue weighted by molar-refractivity contribution is 0.271. The average molecular weight is 397 g/mol. The van der Waals surface area contributed by atoms with Gasteiger partial charge in [-0.15, -0.1) is 0 Å². The molecular weight excluding hydrogens is 383 g/mol. The number of benzene rings is 2. The molecule has 0 saturated heterocycles. The molecule has 2 aromatic heterocycles. The van der Waals surface area contributed by atoms with Crippen LogP contribution in [-0.2, 0) is 6.54 Å². The monoisotopic (exact) mass is 397 g/mol. The van der Waals surface area contributed by atoms with E-state index in [1.807, 2.05) is 0 Å². The first-order chi connectivity index (χ1) is 14.0. The van der Waals surface area contributed by atoms with Crippen LogP contribution in [-0.4, -0.2) is 37.3 Å². The quantitative estimate of drug-likeness (QED) is 0.519. The van der Waals surface area contributed by atoms with E-state index in [0.717, 1.165) is 6.07 Å². The van der Waals surface area contributed by atoms with E-state index in [4.69, 9.17) is 0 Å². The molecule has 1 aliphatic heterocycles. The van der Waals surface area contributed by atoms with Crippen LogP contribution in [0, 0.1) is 17.5 Å². The molecule has 3 heterocycles. The molecule has 4 aromatic rings. The fourth-order valence-electron chi connectivity index (χ4n) is 3.61. The molecule has 5 rings (SSSR count). The van der Waals surface area contributed by atoms with Gasteiger partial charge < -0.3 is 15.0 Å². The summed E-state index contributed by atoms with van der Waals surface area (Å²) in [6.45, 7) is 0.246. The van der Waals surface area contributed by atoms with Crippen LogP contribution in [0.4, 0.5) is 19.1 Å². The van der Waals surface area contributed by atoms with Crippen molar-refractivity contribution in [3.05, 3.63) is 60.2 Å². The summed E-state index contributed by atoms with van der Waals surface area (Å²) in [7, 11) is 0. The molecular formula is C20H14F3N5O. The van der Waals surface area contributed by atoms with E-state index in [0.29, 0.717) is 40.9 Å². The maximum Gasteiger partial charge on any atom is 0.204 e. The van der Waals surface area contributed by atoms with Crippen LogP contribution < -0.4 is 5.32 Å². The first-order valence-corrected chi connectivity index (χ1v) is 8.89. The van der Waals surface area contributed by atoms with Crippen LogP contribution in [0.25, 0.3) is 33.5 Å². The summed E-state index contributed by atoms with van der Waals surface area (Å²) < 4.78 is 44.0. The predicted molar refractivity (Wildman–Crippen MR) is 101 cm³/mol. The number of hydrogen-bond acceptors (Lipinski definition) is 5. The van der Waals surface area contributed by atoms with E-state index >= 15 is 0 Å². The summed E-state index contributed by atoms with van der Waals surface area (Å²) in [5, 5.41) is 12.5. The molecule has 146 valence electrons. The minimum atomic E-state index is -1.29. The SMILES string of the molecule is OCC1Cn2c(nc(-c3cc(F)cc(F)c3F)c2-c2ccc3nccnc3c2)N1. The van der Waals surface area contributed by atoms with Crippen molar-refractivity contribution in [2.24, 2.45) is 0 Å². The Kier molecular flexibility index (Phi) is 3.99. The van der Waals surface area contributed by atoms with Crippen LogP contribution in [0.2, 0.25) is 0 Å². The van der Waals surface area contributed by atoms with Crippen molar-refractivity contribution in [3.8, 4) is 22.5 Å². The topological polar surface area (TPSA) is 75.9 Å². The average Bonchev–Trinajstić information content (AvgIpc) is 3.27. The van der Waals surface area contributed by atoms with Crippen LogP contribution in [0.5, 0.6) is 0 Å². The molecule has 0 aliphatic carbocycles. The third-order valence-electron chi connectivity index (χ3n) is 4.92. The van der Waals surface area contributed by atoms with Gasteiger partial charge in [0.2, 0.25) is 5.95 Å². The van der Waals surface area contributed by atoms with Crippen LogP contribution >= 0.6 is 0 Å². The van der Waals surface area contributed by atoms with E-state index in [-0.39, 0.29) is 23.9 Å². The van der Waals surface area contributed by atoms with Gasteiger partial charge in [-0.2, -0.15) is 0 Å². The number of hydrogen-bond donors (Lipinski definition) is 2. The number of rotatable bonds is 3. The van der Waals surface area contributed by atoms with Gasteiger partial charge in [0, 0.05) is 36.1 Å². The number of fused-ring (bicyclic) bond motifs is 2. The molecule has 0 saturated carbocycles. The fraction of sp³-hybridized carbons (Fsp3) is 0.150. The Morgan fingerprint density at radius 2 is 1.86 bits per heavy atom. The number of halogens is 3. The van der Waals surface area contributed by atoms with Gasteiger partial charge in [-0.25, -0.2) is 18.2 Å². The molecule has 1 atom stereocenters. The van der Waals surface area contributed by atoms with E-state index < -0.39 is 17.5 Å². The number of imidazole rings is 1. The second-order valence-corrected chi connectivity index (χ2v) is 6.78. The molecule has 29 heavy (non-hydrogen) atoms. The lowest BCUT2D eigenvalue weighted by atomic mass is 10.0. The normalized spacial score (nSPS) is 15.5. The lowest BCUT2D eigenvalue weighted by Crippen LogP contribution is -2.21. The maximum atomic E-state index is 14.5. The summed E-state index contributed by atoms with van der Waals surface area (Å²) in [6.07, 6.45) is 3.13. The highest BCUT2D eigenvalue weighted by atomic mass is 19.2. The van der Waals surface area contributed by atoms with Crippen molar-refractivity contribution >= 4 is 17.0 Å². The summed E-state index contributed by atoms with van der Waals surface area (Å²) in [4.78, 5) is 12.9. The molecule has 2 aromatic carbocycles. The minimum absolute atomic E-state index is 0.100. The second kappa shape index (κ2) is 6.56. The zero-order valence-electron chi connectivity index (χ0n) is 14.9. The van der Waals surface area contributed by atoms with Gasteiger partial charge in [0.25, 0.3) is 0 Å². The smallest absolute Gasteiger partial charge is 0.204 e. The lowest BCUT2D eigenvalue weighted by Gasteiger charge is -2.12. The maximum absolute atomic E-state index is 14.5. The highest BCUT2D eigenvalue weighted by Crippen LogP contribution is 2.39. The Hall–Kier alpha value is -3.46. The zero-order valence-corrected chi connectivity index (χ0v) is 14.9. The van der Waals surface area contributed by atoms with Gasteiger partial charge in [0.1, 0.15) is 11.5 Å². The van der Waals surface area contributed by atoms with E-state index in [9.17, 15) is 18.3 Å². The number of aliphatic hydroxyl groups is 1. The first-order valence-electron chi connectivity index (χ1n) is 8.89. The predicted octanol–water partition coefficient (Wildman–Crippen LogP) is 3.36. The molecule has 2 N–H and O–H groups in total. The highest BCUT2D eigenvalue weighted by molar-refractivity contribution is 5.87. The standard InChI is InChI=1S/C20H14F3N5O/c21-11-6-13(17(23)14(22)7-11)18-19(28-8-12(9-29)26-20(28)27-18)10-1-2-15-16(5-10)25-4-3-24-15/h1-7,12,29H,8-9H2,(H,26,27). The molecule has 0 radical (unpaired) electrons. The van der Waals surface area contributed by atoms with Crippen LogP contribution in [0.1, 0.15) is 0 Å². The zero-order chi connectivity index (χ0) is 20.1. The molecule has 6 nitrogen and oxygen atoms in total. The Balaban J connectivity index is 1.77. The highest BCUT2D eigenvalue weighted by Gasteiger charge is 2.30. The molecule has 1 aliphatic rings. The molecule has 0 fully saturated rings. The summed E-state index contributed by atoms with van der Waals surface area (Å²) in [5.41, 5.74) is 2.22. The first kappa shape index (κ1) is 17.6. The molecule has 0 bridgehead atoms. The fourth-order valence-corrected chi connectivity index (χ4v) is 3.61. The van der Waals surface area contributed by atoms with Crippen molar-refractivity contribution in [1.29, 1.82) is 0 Å². The van der Waals surface area contributed by atoms with Crippen molar-refractivity contribution in [1.82, 2.24) is 19.5 Å². The number of aliphatic hydroxyl groups excluding tert-OH is 1. The van der Waals surface area contributed by atoms with Gasteiger partial charge in [0.15, 0.2) is 11.6 Å². The summed E-state index contributed by atoms with van der Waals surface area (Å²) in [6, 6.07) is 6.44. The third-order valence-corrected chi connectivity index (χ3v) is 4.92. The molecule has 0 amide bonds. The van der Waals surface area contributed by atoms with Crippen molar-refractivity contribution in [2.45, 2.75) is 12.6 Å². The number of anilines is 1. The largest absolute Gasteiger partial charge is 0.394 e.